The van der Waals surface area contributed by atoms with Gasteiger partial charge in [-0.3, -0.25) is 0 Å². The molecule has 1 aliphatic carbocycles. The highest BCUT2D eigenvalue weighted by molar-refractivity contribution is 5.81. The van der Waals surface area contributed by atoms with Gasteiger partial charge in [0.15, 0.2) is 5.60 Å². The number of aliphatic carboxylic acids is 1. The van der Waals surface area contributed by atoms with Gasteiger partial charge in [0.2, 0.25) is 0 Å². The molecule has 0 amide bonds. The first-order valence-corrected chi connectivity index (χ1v) is 2.53. The minimum atomic E-state index is -1.38. The van der Waals surface area contributed by atoms with E-state index in [0.717, 1.165) is 0 Å². The van der Waals surface area contributed by atoms with Crippen molar-refractivity contribution >= 4 is 5.97 Å². The molecule has 0 aromatic rings. The van der Waals surface area contributed by atoms with Crippen LogP contribution in [-0.4, -0.2) is 21.8 Å². The third-order valence-electron chi connectivity index (χ3n) is 1.64. The van der Waals surface area contributed by atoms with Crippen LogP contribution in [0.4, 0.5) is 0 Å². The molecular formula is C5H8O3. The molecular weight excluding hydrogens is 108 g/mol. The molecule has 2 N–H and O–H groups in total. The van der Waals surface area contributed by atoms with Gasteiger partial charge in [0, 0.05) is 0 Å². The molecule has 0 heterocycles. The van der Waals surface area contributed by atoms with Crippen molar-refractivity contribution in [2.45, 2.75) is 18.9 Å². The van der Waals surface area contributed by atoms with Gasteiger partial charge in [0.25, 0.3) is 0 Å². The summed E-state index contributed by atoms with van der Waals surface area (Å²) in [6, 6.07) is 0. The van der Waals surface area contributed by atoms with E-state index in [2.05, 4.69) is 0 Å². The summed E-state index contributed by atoms with van der Waals surface area (Å²) in [6.45, 7) is 1.72. The van der Waals surface area contributed by atoms with Crippen LogP contribution in [0, 0.1) is 5.92 Å². The molecule has 1 fully saturated rings. The maximum atomic E-state index is 10.0. The molecule has 0 aromatic carbocycles. The Morgan fingerprint density at radius 3 is 2.25 bits per heavy atom. The van der Waals surface area contributed by atoms with E-state index in [1.807, 2.05) is 0 Å². The van der Waals surface area contributed by atoms with Crippen molar-refractivity contribution in [3.8, 4) is 0 Å². The summed E-state index contributed by atoms with van der Waals surface area (Å²) in [6.07, 6.45) is 0.405. The Kier molecular flexibility index (Phi) is 0.854. The lowest BCUT2D eigenvalue weighted by Gasteiger charge is -1.97. The zero-order valence-corrected chi connectivity index (χ0v) is 4.59. The molecule has 1 aliphatic rings. The lowest BCUT2D eigenvalue weighted by molar-refractivity contribution is -0.149. The molecule has 0 spiro atoms. The van der Waals surface area contributed by atoms with Crippen LogP contribution in [0.2, 0.25) is 0 Å². The molecule has 0 aliphatic heterocycles. The number of aliphatic hydroxyl groups is 1. The maximum Gasteiger partial charge on any atom is 0.335 e. The fourth-order valence-corrected chi connectivity index (χ4v) is 0.706. The van der Waals surface area contributed by atoms with Gasteiger partial charge in [-0.25, -0.2) is 4.79 Å². The van der Waals surface area contributed by atoms with Crippen molar-refractivity contribution < 1.29 is 15.0 Å². The van der Waals surface area contributed by atoms with Gasteiger partial charge in [-0.2, -0.15) is 0 Å². The Balaban J connectivity index is 2.60. The van der Waals surface area contributed by atoms with Gasteiger partial charge in [0.05, 0.1) is 0 Å². The lowest BCUT2D eigenvalue weighted by Crippen LogP contribution is -2.22. The van der Waals surface area contributed by atoms with Crippen molar-refractivity contribution in [1.29, 1.82) is 0 Å². The van der Waals surface area contributed by atoms with E-state index in [1.165, 1.54) is 0 Å². The third kappa shape index (κ3) is 0.512. The molecule has 3 nitrogen and oxygen atoms in total. The average molecular weight is 116 g/mol. The number of carboxylic acid groups (broad SMARTS) is 1. The van der Waals surface area contributed by atoms with E-state index in [0.29, 0.717) is 6.42 Å². The molecule has 1 saturated carbocycles. The highest BCUT2D eigenvalue weighted by Gasteiger charge is 2.56. The molecule has 3 heteroatoms. The molecule has 0 saturated heterocycles. The van der Waals surface area contributed by atoms with Crippen LogP contribution in [0.25, 0.3) is 0 Å². The smallest absolute Gasteiger partial charge is 0.335 e. The van der Waals surface area contributed by atoms with Crippen molar-refractivity contribution in [3.63, 3.8) is 0 Å². The summed E-state index contributed by atoms with van der Waals surface area (Å²) in [4.78, 5) is 10.0. The van der Waals surface area contributed by atoms with Crippen molar-refractivity contribution in [1.82, 2.24) is 0 Å². The minimum absolute atomic E-state index is 0.0556. The van der Waals surface area contributed by atoms with Crippen molar-refractivity contribution in [2.24, 2.45) is 5.92 Å². The average Bonchev–Trinajstić information content (AvgIpc) is 2.17. The molecule has 0 unspecified atom stereocenters. The monoisotopic (exact) mass is 116 g/mol. The second kappa shape index (κ2) is 1.23. The second-order valence-corrected chi connectivity index (χ2v) is 2.33. The standard InChI is InChI=1S/C5H8O3/c1-3-2-5(3,8)4(6)7/h3,8H,2H2,1H3,(H,6,7)/t3-,5+/m0/s1. The molecule has 46 valence electrons. The summed E-state index contributed by atoms with van der Waals surface area (Å²) >= 11 is 0. The largest absolute Gasteiger partial charge is 0.479 e. The first kappa shape index (κ1) is 5.56. The quantitative estimate of drug-likeness (QED) is 0.500. The van der Waals surface area contributed by atoms with Crippen LogP contribution in [0.15, 0.2) is 0 Å². The van der Waals surface area contributed by atoms with E-state index in [9.17, 15) is 4.79 Å². The van der Waals surface area contributed by atoms with Gasteiger partial charge in [-0.1, -0.05) is 6.92 Å². The minimum Gasteiger partial charge on any atom is -0.479 e. The van der Waals surface area contributed by atoms with Crippen LogP contribution in [0.3, 0.4) is 0 Å². The summed E-state index contributed by atoms with van der Waals surface area (Å²) in [5.41, 5.74) is -1.38. The van der Waals surface area contributed by atoms with Crippen LogP contribution >= 0.6 is 0 Å². The summed E-state index contributed by atoms with van der Waals surface area (Å²) in [5.74, 6) is -1.15. The number of carbonyl (C=O) groups is 1. The predicted octanol–water partition coefficient (Wildman–Crippen LogP) is -0.158. The number of carboxylic acids is 1. The molecule has 1 rings (SSSR count). The first-order valence-electron chi connectivity index (χ1n) is 2.53. The lowest BCUT2D eigenvalue weighted by atomic mass is 10.3. The Bertz CT molecular complexity index is 132. The van der Waals surface area contributed by atoms with E-state index in [1.54, 1.807) is 6.92 Å². The highest BCUT2D eigenvalue weighted by Crippen LogP contribution is 2.42. The predicted molar refractivity (Wildman–Crippen MR) is 26.4 cm³/mol. The van der Waals surface area contributed by atoms with Crippen molar-refractivity contribution in [2.75, 3.05) is 0 Å². The Labute approximate surface area is 46.9 Å². The zero-order chi connectivity index (χ0) is 6.36. The summed E-state index contributed by atoms with van der Waals surface area (Å²) < 4.78 is 0. The van der Waals surface area contributed by atoms with Crippen molar-refractivity contribution in [3.05, 3.63) is 0 Å². The van der Waals surface area contributed by atoms with E-state index >= 15 is 0 Å². The topological polar surface area (TPSA) is 57.5 Å². The first-order chi connectivity index (χ1) is 3.57. The number of hydrogen-bond donors (Lipinski definition) is 2. The van der Waals surface area contributed by atoms with E-state index in [-0.39, 0.29) is 5.92 Å². The van der Waals surface area contributed by atoms with Gasteiger partial charge < -0.3 is 10.2 Å². The van der Waals surface area contributed by atoms with Crippen LogP contribution in [-0.2, 0) is 4.79 Å². The zero-order valence-electron chi connectivity index (χ0n) is 4.59. The molecule has 2 atom stereocenters. The van der Waals surface area contributed by atoms with E-state index in [4.69, 9.17) is 10.2 Å². The fraction of sp³-hybridized carbons (Fsp3) is 0.800. The second-order valence-electron chi connectivity index (χ2n) is 2.33. The SMILES string of the molecule is C[C@H]1C[C@]1(O)C(=O)O. The normalized spacial score (nSPS) is 44.0. The van der Waals surface area contributed by atoms with Gasteiger partial charge in [-0.15, -0.1) is 0 Å². The van der Waals surface area contributed by atoms with Gasteiger partial charge >= 0.3 is 5.97 Å². The summed E-state index contributed by atoms with van der Waals surface area (Å²) in [7, 11) is 0. The fourth-order valence-electron chi connectivity index (χ4n) is 0.706. The van der Waals surface area contributed by atoms with E-state index < -0.39 is 11.6 Å². The molecule has 0 radical (unpaired) electrons. The van der Waals surface area contributed by atoms with Crippen LogP contribution in [0.1, 0.15) is 13.3 Å². The Morgan fingerprint density at radius 2 is 2.25 bits per heavy atom. The Hall–Kier alpha value is -0.570. The molecule has 0 aromatic heterocycles. The molecule has 0 bridgehead atoms. The van der Waals surface area contributed by atoms with Gasteiger partial charge in [0.1, 0.15) is 0 Å². The Morgan fingerprint density at radius 1 is 1.88 bits per heavy atom. The number of hydrogen-bond acceptors (Lipinski definition) is 2. The maximum absolute atomic E-state index is 10.0. The highest BCUT2D eigenvalue weighted by atomic mass is 16.4. The molecule has 8 heavy (non-hydrogen) atoms. The number of rotatable bonds is 1. The summed E-state index contributed by atoms with van der Waals surface area (Å²) in [5, 5.41) is 17.1. The van der Waals surface area contributed by atoms with Crippen LogP contribution < -0.4 is 0 Å². The third-order valence-corrected chi connectivity index (χ3v) is 1.64. The van der Waals surface area contributed by atoms with Crippen LogP contribution in [0.5, 0.6) is 0 Å². The van der Waals surface area contributed by atoms with Gasteiger partial charge in [-0.05, 0) is 12.3 Å².